The third kappa shape index (κ3) is 2.18. The van der Waals surface area contributed by atoms with Crippen LogP contribution in [0.25, 0.3) is 0 Å². The van der Waals surface area contributed by atoms with Crippen LogP contribution in [-0.4, -0.2) is 17.4 Å². The number of hydrogen-bond donors (Lipinski definition) is 1. The normalized spacial score (nSPS) is 17.7. The lowest BCUT2D eigenvalue weighted by atomic mass is 9.96. The van der Waals surface area contributed by atoms with Crippen LogP contribution in [0.5, 0.6) is 0 Å². The fourth-order valence-electron chi connectivity index (χ4n) is 2.55. The Morgan fingerprint density at radius 1 is 1.30 bits per heavy atom. The summed E-state index contributed by atoms with van der Waals surface area (Å²) in [5.74, 6) is -0.0168. The lowest BCUT2D eigenvalue weighted by molar-refractivity contribution is 0.0984. The van der Waals surface area contributed by atoms with Crippen LogP contribution in [0.15, 0.2) is 42.6 Å². The van der Waals surface area contributed by atoms with Crippen molar-refractivity contribution in [2.24, 2.45) is 5.73 Å². The molecule has 2 heterocycles. The maximum atomic E-state index is 12.6. The summed E-state index contributed by atoms with van der Waals surface area (Å²) in [7, 11) is 0. The van der Waals surface area contributed by atoms with E-state index >= 15 is 0 Å². The Morgan fingerprint density at radius 2 is 2.10 bits per heavy atom. The van der Waals surface area contributed by atoms with E-state index in [0.29, 0.717) is 12.1 Å². The maximum absolute atomic E-state index is 12.6. The van der Waals surface area contributed by atoms with Crippen LogP contribution in [0.2, 0.25) is 0 Å². The molecule has 20 heavy (non-hydrogen) atoms. The van der Waals surface area contributed by atoms with Gasteiger partial charge in [-0.3, -0.25) is 9.78 Å². The SMILES string of the molecule is Cc1ccc(C(=O)N2CCC(N)c3ccccc32)cn1. The first kappa shape index (κ1) is 12.8. The lowest BCUT2D eigenvalue weighted by Crippen LogP contribution is -2.38. The Labute approximate surface area is 118 Å². The number of carbonyl (C=O) groups excluding carboxylic acids is 1. The molecule has 2 aromatic rings. The number of benzene rings is 1. The number of fused-ring (bicyclic) bond motifs is 1. The van der Waals surface area contributed by atoms with Gasteiger partial charge in [-0.25, -0.2) is 0 Å². The van der Waals surface area contributed by atoms with E-state index in [1.807, 2.05) is 43.3 Å². The zero-order valence-corrected chi connectivity index (χ0v) is 11.4. The van der Waals surface area contributed by atoms with Crippen molar-refractivity contribution < 1.29 is 4.79 Å². The van der Waals surface area contributed by atoms with Crippen molar-refractivity contribution in [2.75, 3.05) is 11.4 Å². The number of pyridine rings is 1. The Kier molecular flexibility index (Phi) is 3.24. The van der Waals surface area contributed by atoms with Gasteiger partial charge >= 0.3 is 0 Å². The molecule has 0 aliphatic carbocycles. The molecule has 2 N–H and O–H groups in total. The average molecular weight is 267 g/mol. The smallest absolute Gasteiger partial charge is 0.259 e. The Bertz CT molecular complexity index is 636. The highest BCUT2D eigenvalue weighted by Crippen LogP contribution is 2.32. The number of aromatic nitrogens is 1. The summed E-state index contributed by atoms with van der Waals surface area (Å²) < 4.78 is 0. The monoisotopic (exact) mass is 267 g/mol. The number of carbonyl (C=O) groups is 1. The third-order valence-corrected chi connectivity index (χ3v) is 3.69. The summed E-state index contributed by atoms with van der Waals surface area (Å²) in [6.45, 7) is 2.55. The standard InChI is InChI=1S/C16H17N3O/c1-11-6-7-12(10-18-11)16(20)19-9-8-14(17)13-4-2-3-5-15(13)19/h2-7,10,14H,8-9,17H2,1H3. The van der Waals surface area contributed by atoms with Gasteiger partial charge in [0.1, 0.15) is 0 Å². The number of rotatable bonds is 1. The van der Waals surface area contributed by atoms with Gasteiger partial charge in [0.25, 0.3) is 5.91 Å². The minimum absolute atomic E-state index is 0.00592. The average Bonchev–Trinajstić information content (AvgIpc) is 2.48. The van der Waals surface area contributed by atoms with Crippen molar-refractivity contribution in [3.05, 3.63) is 59.4 Å². The number of aryl methyl sites for hydroxylation is 1. The van der Waals surface area contributed by atoms with Crippen LogP contribution in [0.4, 0.5) is 5.69 Å². The number of hydrogen-bond acceptors (Lipinski definition) is 3. The van der Waals surface area contributed by atoms with Crippen LogP contribution in [0.1, 0.15) is 34.1 Å². The minimum atomic E-state index is -0.0168. The van der Waals surface area contributed by atoms with Crippen LogP contribution >= 0.6 is 0 Å². The molecule has 0 radical (unpaired) electrons. The van der Waals surface area contributed by atoms with Gasteiger partial charge in [0.2, 0.25) is 0 Å². The number of nitrogens with two attached hydrogens (primary N) is 1. The molecule has 1 amide bonds. The predicted molar refractivity (Wildman–Crippen MR) is 78.6 cm³/mol. The highest BCUT2D eigenvalue weighted by molar-refractivity contribution is 6.06. The van der Waals surface area contributed by atoms with Crippen molar-refractivity contribution in [1.82, 2.24) is 4.98 Å². The molecule has 102 valence electrons. The van der Waals surface area contributed by atoms with Gasteiger partial charge in [-0.1, -0.05) is 18.2 Å². The molecule has 0 saturated carbocycles. The molecule has 1 aromatic heterocycles. The Morgan fingerprint density at radius 3 is 2.85 bits per heavy atom. The van der Waals surface area contributed by atoms with Gasteiger partial charge in [-0.05, 0) is 37.1 Å². The molecule has 4 heteroatoms. The molecule has 4 nitrogen and oxygen atoms in total. The Balaban J connectivity index is 1.97. The van der Waals surface area contributed by atoms with Gasteiger partial charge < -0.3 is 10.6 Å². The largest absolute Gasteiger partial charge is 0.324 e. The maximum Gasteiger partial charge on any atom is 0.259 e. The molecule has 0 saturated heterocycles. The molecule has 0 bridgehead atoms. The summed E-state index contributed by atoms with van der Waals surface area (Å²) in [6, 6.07) is 11.5. The molecule has 0 spiro atoms. The van der Waals surface area contributed by atoms with Crippen LogP contribution < -0.4 is 10.6 Å². The van der Waals surface area contributed by atoms with Crippen molar-refractivity contribution in [2.45, 2.75) is 19.4 Å². The first-order valence-electron chi connectivity index (χ1n) is 6.76. The highest BCUT2D eigenvalue weighted by atomic mass is 16.2. The summed E-state index contributed by atoms with van der Waals surface area (Å²) in [5.41, 5.74) is 9.58. The van der Waals surface area contributed by atoms with Gasteiger partial charge in [0.15, 0.2) is 0 Å². The fraction of sp³-hybridized carbons (Fsp3) is 0.250. The molecule has 1 unspecified atom stereocenters. The summed E-state index contributed by atoms with van der Waals surface area (Å²) in [5, 5.41) is 0. The first-order valence-corrected chi connectivity index (χ1v) is 6.76. The second-order valence-corrected chi connectivity index (χ2v) is 5.10. The van der Waals surface area contributed by atoms with Gasteiger partial charge in [-0.2, -0.15) is 0 Å². The molecule has 1 aromatic carbocycles. The highest BCUT2D eigenvalue weighted by Gasteiger charge is 2.27. The van der Waals surface area contributed by atoms with E-state index in [4.69, 9.17) is 5.73 Å². The summed E-state index contributed by atoms with van der Waals surface area (Å²) in [6.07, 6.45) is 2.41. The first-order chi connectivity index (χ1) is 9.66. The van der Waals surface area contributed by atoms with Gasteiger partial charge in [-0.15, -0.1) is 0 Å². The van der Waals surface area contributed by atoms with E-state index in [-0.39, 0.29) is 11.9 Å². The number of anilines is 1. The van der Waals surface area contributed by atoms with E-state index in [1.165, 1.54) is 0 Å². The lowest BCUT2D eigenvalue weighted by Gasteiger charge is -2.32. The quantitative estimate of drug-likeness (QED) is 0.863. The van der Waals surface area contributed by atoms with Crippen molar-refractivity contribution >= 4 is 11.6 Å². The van der Waals surface area contributed by atoms with E-state index in [1.54, 1.807) is 11.1 Å². The summed E-state index contributed by atoms with van der Waals surface area (Å²) in [4.78, 5) is 18.6. The van der Waals surface area contributed by atoms with Crippen LogP contribution in [0.3, 0.4) is 0 Å². The molecule has 1 aliphatic heterocycles. The van der Waals surface area contributed by atoms with Crippen molar-refractivity contribution in [1.29, 1.82) is 0 Å². The van der Waals surface area contributed by atoms with E-state index in [2.05, 4.69) is 4.98 Å². The number of nitrogens with zero attached hydrogens (tertiary/aromatic N) is 2. The van der Waals surface area contributed by atoms with Crippen LogP contribution in [-0.2, 0) is 0 Å². The molecular formula is C16H17N3O. The van der Waals surface area contributed by atoms with Crippen molar-refractivity contribution in [3.8, 4) is 0 Å². The van der Waals surface area contributed by atoms with Gasteiger partial charge in [0.05, 0.1) is 5.56 Å². The number of para-hydroxylation sites is 1. The zero-order valence-electron chi connectivity index (χ0n) is 11.4. The van der Waals surface area contributed by atoms with E-state index < -0.39 is 0 Å². The van der Waals surface area contributed by atoms with Crippen molar-refractivity contribution in [3.63, 3.8) is 0 Å². The second kappa shape index (κ2) is 5.06. The Hall–Kier alpha value is -2.20. The second-order valence-electron chi connectivity index (χ2n) is 5.10. The number of amides is 1. The van der Waals surface area contributed by atoms with Crippen LogP contribution in [0, 0.1) is 6.92 Å². The minimum Gasteiger partial charge on any atom is -0.324 e. The van der Waals surface area contributed by atoms with E-state index in [0.717, 1.165) is 23.4 Å². The summed E-state index contributed by atoms with van der Waals surface area (Å²) >= 11 is 0. The molecule has 1 atom stereocenters. The molecule has 3 rings (SSSR count). The molecule has 1 aliphatic rings. The molecular weight excluding hydrogens is 250 g/mol. The topological polar surface area (TPSA) is 59.2 Å². The van der Waals surface area contributed by atoms with Gasteiger partial charge in [0, 0.05) is 30.2 Å². The zero-order chi connectivity index (χ0) is 14.1. The predicted octanol–water partition coefficient (Wildman–Crippen LogP) is 2.44. The molecule has 0 fully saturated rings. The third-order valence-electron chi connectivity index (χ3n) is 3.69. The van der Waals surface area contributed by atoms with E-state index in [9.17, 15) is 4.79 Å². The fourth-order valence-corrected chi connectivity index (χ4v) is 2.55.